The standard InChI is InChI=1S/C23H27N3O3S/c1-5-16(2)26-22(28)18-11-7-8-12-19(18)24-23(26)30-15-21(27)25(3)14-17-10-6-9-13-20(17)29-4/h6-13,16H,5,14-15H2,1-4H3/t16-/m1/s1. The van der Waals surface area contributed by atoms with Gasteiger partial charge in [0, 0.05) is 25.2 Å². The fraction of sp³-hybridized carbons (Fsp3) is 0.348. The van der Waals surface area contributed by atoms with Crippen molar-refractivity contribution in [2.24, 2.45) is 0 Å². The van der Waals surface area contributed by atoms with Gasteiger partial charge in [-0.2, -0.15) is 0 Å². The number of para-hydroxylation sites is 2. The van der Waals surface area contributed by atoms with E-state index in [4.69, 9.17) is 4.74 Å². The molecule has 3 aromatic rings. The van der Waals surface area contributed by atoms with Crippen molar-refractivity contribution in [1.82, 2.24) is 14.5 Å². The summed E-state index contributed by atoms with van der Waals surface area (Å²) in [7, 11) is 3.39. The van der Waals surface area contributed by atoms with Crippen LogP contribution in [-0.2, 0) is 11.3 Å². The van der Waals surface area contributed by atoms with Gasteiger partial charge < -0.3 is 9.64 Å². The Kier molecular flexibility index (Phi) is 7.15. The zero-order valence-electron chi connectivity index (χ0n) is 17.8. The zero-order chi connectivity index (χ0) is 21.7. The molecule has 0 N–H and O–H groups in total. The highest BCUT2D eigenvalue weighted by atomic mass is 32.2. The normalized spacial score (nSPS) is 12.0. The SMILES string of the molecule is CC[C@@H](C)n1c(SCC(=O)N(C)Cc2ccccc2OC)nc2ccccc2c1=O. The van der Waals surface area contributed by atoms with E-state index < -0.39 is 0 Å². The minimum Gasteiger partial charge on any atom is -0.496 e. The van der Waals surface area contributed by atoms with E-state index >= 15 is 0 Å². The highest BCUT2D eigenvalue weighted by molar-refractivity contribution is 7.99. The molecule has 158 valence electrons. The maximum Gasteiger partial charge on any atom is 0.262 e. The number of rotatable bonds is 8. The lowest BCUT2D eigenvalue weighted by Crippen LogP contribution is -2.29. The molecule has 0 aliphatic carbocycles. The van der Waals surface area contributed by atoms with Gasteiger partial charge in [-0.15, -0.1) is 0 Å². The Hall–Kier alpha value is -2.80. The average Bonchev–Trinajstić information content (AvgIpc) is 2.77. The minimum absolute atomic E-state index is 0.00137. The summed E-state index contributed by atoms with van der Waals surface area (Å²) in [6, 6.07) is 15.0. The van der Waals surface area contributed by atoms with Crippen LogP contribution < -0.4 is 10.3 Å². The van der Waals surface area contributed by atoms with Crippen molar-refractivity contribution in [3.63, 3.8) is 0 Å². The van der Waals surface area contributed by atoms with E-state index in [0.717, 1.165) is 17.7 Å². The van der Waals surface area contributed by atoms with E-state index in [-0.39, 0.29) is 23.3 Å². The first kappa shape index (κ1) is 21.9. The van der Waals surface area contributed by atoms with Gasteiger partial charge in [0.2, 0.25) is 5.91 Å². The molecule has 0 aliphatic rings. The van der Waals surface area contributed by atoms with Crippen molar-refractivity contribution in [2.45, 2.75) is 38.0 Å². The van der Waals surface area contributed by atoms with Crippen molar-refractivity contribution in [2.75, 3.05) is 19.9 Å². The molecule has 0 saturated carbocycles. The van der Waals surface area contributed by atoms with Crippen LogP contribution >= 0.6 is 11.8 Å². The zero-order valence-corrected chi connectivity index (χ0v) is 18.6. The van der Waals surface area contributed by atoms with Gasteiger partial charge in [0.1, 0.15) is 5.75 Å². The molecule has 30 heavy (non-hydrogen) atoms. The predicted molar refractivity (Wildman–Crippen MR) is 121 cm³/mol. The number of methoxy groups -OCH3 is 1. The Balaban J connectivity index is 1.80. The smallest absolute Gasteiger partial charge is 0.262 e. The Morgan fingerprint density at radius 1 is 1.20 bits per heavy atom. The van der Waals surface area contributed by atoms with Gasteiger partial charge in [0.25, 0.3) is 5.56 Å². The van der Waals surface area contributed by atoms with Crippen molar-refractivity contribution in [3.05, 3.63) is 64.4 Å². The first-order valence-electron chi connectivity index (χ1n) is 9.96. The van der Waals surface area contributed by atoms with Gasteiger partial charge in [-0.3, -0.25) is 14.2 Å². The number of hydrogen-bond donors (Lipinski definition) is 0. The number of aromatic nitrogens is 2. The molecule has 0 fully saturated rings. The number of amides is 1. The van der Waals surface area contributed by atoms with Gasteiger partial charge in [0.15, 0.2) is 5.16 Å². The van der Waals surface area contributed by atoms with Crippen molar-refractivity contribution >= 4 is 28.6 Å². The number of ether oxygens (including phenoxy) is 1. The largest absolute Gasteiger partial charge is 0.496 e. The number of carbonyl (C=O) groups excluding carboxylic acids is 1. The van der Waals surface area contributed by atoms with E-state index in [0.29, 0.717) is 22.6 Å². The molecule has 1 aromatic heterocycles. The van der Waals surface area contributed by atoms with E-state index in [1.165, 1.54) is 11.8 Å². The van der Waals surface area contributed by atoms with Crippen LogP contribution in [0.4, 0.5) is 0 Å². The first-order valence-corrected chi connectivity index (χ1v) is 10.9. The maximum absolute atomic E-state index is 13.0. The van der Waals surface area contributed by atoms with Crippen LogP contribution in [0, 0.1) is 0 Å². The second kappa shape index (κ2) is 9.80. The van der Waals surface area contributed by atoms with Gasteiger partial charge in [-0.1, -0.05) is 49.0 Å². The third-order valence-corrected chi connectivity index (χ3v) is 6.10. The molecule has 2 aromatic carbocycles. The summed E-state index contributed by atoms with van der Waals surface area (Å²) in [6.07, 6.45) is 0.801. The van der Waals surface area contributed by atoms with Gasteiger partial charge in [-0.25, -0.2) is 4.98 Å². The number of nitrogens with zero attached hydrogens (tertiary/aromatic N) is 3. The Labute approximate surface area is 180 Å². The number of carbonyl (C=O) groups is 1. The van der Waals surface area contributed by atoms with Crippen LogP contribution in [0.1, 0.15) is 31.9 Å². The second-order valence-electron chi connectivity index (χ2n) is 7.19. The average molecular weight is 426 g/mol. The lowest BCUT2D eigenvalue weighted by molar-refractivity contribution is -0.127. The molecule has 1 atom stereocenters. The molecule has 0 spiro atoms. The Morgan fingerprint density at radius 3 is 2.63 bits per heavy atom. The van der Waals surface area contributed by atoms with E-state index in [9.17, 15) is 9.59 Å². The summed E-state index contributed by atoms with van der Waals surface area (Å²) >= 11 is 1.31. The molecular formula is C23H27N3O3S. The van der Waals surface area contributed by atoms with Crippen LogP contribution in [0.25, 0.3) is 10.9 Å². The van der Waals surface area contributed by atoms with Crippen LogP contribution in [0.15, 0.2) is 58.5 Å². The number of benzene rings is 2. The second-order valence-corrected chi connectivity index (χ2v) is 8.14. The molecule has 7 heteroatoms. The van der Waals surface area contributed by atoms with E-state index in [2.05, 4.69) is 4.98 Å². The van der Waals surface area contributed by atoms with Crippen LogP contribution in [0.3, 0.4) is 0 Å². The van der Waals surface area contributed by atoms with E-state index in [1.54, 1.807) is 29.7 Å². The lowest BCUT2D eigenvalue weighted by Gasteiger charge is -2.20. The minimum atomic E-state index is -0.0627. The van der Waals surface area contributed by atoms with Gasteiger partial charge in [-0.05, 0) is 31.5 Å². The summed E-state index contributed by atoms with van der Waals surface area (Å²) in [5.74, 6) is 0.919. The van der Waals surface area contributed by atoms with Crippen LogP contribution in [-0.4, -0.2) is 40.3 Å². The van der Waals surface area contributed by atoms with Gasteiger partial charge >= 0.3 is 0 Å². The fourth-order valence-corrected chi connectivity index (χ4v) is 4.25. The fourth-order valence-electron chi connectivity index (χ4n) is 3.21. The Morgan fingerprint density at radius 2 is 1.90 bits per heavy atom. The maximum atomic E-state index is 13.0. The summed E-state index contributed by atoms with van der Waals surface area (Å²) in [6.45, 7) is 4.48. The van der Waals surface area contributed by atoms with Gasteiger partial charge in [0.05, 0.1) is 23.8 Å². The molecule has 0 bridgehead atoms. The molecule has 1 heterocycles. The van der Waals surface area contributed by atoms with Crippen molar-refractivity contribution < 1.29 is 9.53 Å². The number of hydrogen-bond acceptors (Lipinski definition) is 5. The topological polar surface area (TPSA) is 64.4 Å². The first-order chi connectivity index (χ1) is 14.5. The summed E-state index contributed by atoms with van der Waals surface area (Å²) < 4.78 is 7.08. The third kappa shape index (κ3) is 4.67. The molecule has 0 saturated heterocycles. The van der Waals surface area contributed by atoms with Crippen LogP contribution in [0.2, 0.25) is 0 Å². The molecule has 0 radical (unpaired) electrons. The number of thioether (sulfide) groups is 1. The highest BCUT2D eigenvalue weighted by Crippen LogP contribution is 2.23. The summed E-state index contributed by atoms with van der Waals surface area (Å²) in [4.78, 5) is 32.2. The molecule has 0 aliphatic heterocycles. The Bertz CT molecular complexity index is 1100. The molecule has 6 nitrogen and oxygen atoms in total. The molecule has 3 rings (SSSR count). The third-order valence-electron chi connectivity index (χ3n) is 5.16. The quantitative estimate of drug-likeness (QED) is 0.401. The highest BCUT2D eigenvalue weighted by Gasteiger charge is 2.18. The van der Waals surface area contributed by atoms with E-state index in [1.807, 2.05) is 56.3 Å². The van der Waals surface area contributed by atoms with Crippen LogP contribution in [0.5, 0.6) is 5.75 Å². The number of fused-ring (bicyclic) bond motifs is 1. The van der Waals surface area contributed by atoms with Crippen molar-refractivity contribution in [3.8, 4) is 5.75 Å². The molecule has 1 amide bonds. The lowest BCUT2D eigenvalue weighted by atomic mass is 10.2. The monoisotopic (exact) mass is 425 g/mol. The molecule has 0 unspecified atom stereocenters. The predicted octanol–water partition coefficient (Wildman–Crippen LogP) is 4.13. The molecular weight excluding hydrogens is 398 g/mol. The summed E-state index contributed by atoms with van der Waals surface area (Å²) in [5.41, 5.74) is 1.54. The van der Waals surface area contributed by atoms with Crippen molar-refractivity contribution in [1.29, 1.82) is 0 Å². The summed E-state index contributed by atoms with van der Waals surface area (Å²) in [5, 5.41) is 1.17.